The highest BCUT2D eigenvalue weighted by Gasteiger charge is 2.18. The molecule has 18 heavy (non-hydrogen) atoms. The molecule has 0 aliphatic rings. The number of nitrogens with two attached hydrogens (primary N) is 1. The summed E-state index contributed by atoms with van der Waals surface area (Å²) in [5.41, 5.74) is 4.96. The third-order valence-corrected chi connectivity index (χ3v) is 2.01. The van der Waals surface area contributed by atoms with Crippen molar-refractivity contribution >= 4 is 12.1 Å². The number of imide groups is 1. The number of nitrogens with zero attached hydrogens (tertiary/aromatic N) is 1. The van der Waals surface area contributed by atoms with E-state index in [9.17, 15) is 9.59 Å². The van der Waals surface area contributed by atoms with Crippen molar-refractivity contribution in [2.45, 2.75) is 20.0 Å². The van der Waals surface area contributed by atoms with E-state index in [1.54, 1.807) is 24.3 Å². The molecule has 0 heterocycles. The van der Waals surface area contributed by atoms with Crippen molar-refractivity contribution in [3.8, 4) is 11.5 Å². The Kier molecular flexibility index (Phi) is 4.53. The minimum atomic E-state index is -0.887. The Morgan fingerprint density at radius 3 is 2.28 bits per heavy atom. The molecule has 1 aromatic carbocycles. The van der Waals surface area contributed by atoms with Crippen molar-refractivity contribution in [2.24, 2.45) is 5.73 Å². The Balaban J connectivity index is 2.84. The summed E-state index contributed by atoms with van der Waals surface area (Å²) in [4.78, 5) is 23.0. The highest BCUT2D eigenvalue weighted by atomic mass is 16.6. The summed E-state index contributed by atoms with van der Waals surface area (Å²) in [5, 5.41) is 0. The van der Waals surface area contributed by atoms with E-state index in [-0.39, 0.29) is 11.9 Å². The number of hydrogen-bond acceptors (Lipinski definition) is 4. The topological polar surface area (TPSA) is 81.9 Å². The fraction of sp³-hybridized carbons (Fsp3) is 0.333. The van der Waals surface area contributed by atoms with Crippen LogP contribution < -0.4 is 15.2 Å². The van der Waals surface area contributed by atoms with Gasteiger partial charge < -0.3 is 15.2 Å². The van der Waals surface area contributed by atoms with Gasteiger partial charge in [-0.3, -0.25) is 0 Å². The predicted octanol–water partition coefficient (Wildman–Crippen LogP) is 1.98. The molecule has 0 radical (unpaired) electrons. The van der Waals surface area contributed by atoms with E-state index < -0.39 is 12.1 Å². The molecule has 0 atom stereocenters. The Morgan fingerprint density at radius 2 is 1.78 bits per heavy atom. The molecule has 0 saturated carbocycles. The van der Waals surface area contributed by atoms with E-state index in [1.807, 2.05) is 13.8 Å². The number of carbonyl (C=O) groups excluding carboxylic acids is 2. The molecule has 0 unspecified atom stereocenters. The van der Waals surface area contributed by atoms with Gasteiger partial charge in [-0.1, -0.05) is 12.1 Å². The normalized spacial score (nSPS) is 10.0. The molecule has 0 saturated heterocycles. The van der Waals surface area contributed by atoms with E-state index in [2.05, 4.69) is 0 Å². The van der Waals surface area contributed by atoms with Crippen LogP contribution in [0.5, 0.6) is 11.5 Å². The molecule has 0 fully saturated rings. The largest absolute Gasteiger partial charge is 0.487 e. The lowest BCUT2D eigenvalue weighted by Gasteiger charge is -2.16. The SMILES string of the molecule is CC(C)Oc1ccccc1OC(=O)N(C)C(N)=O. The van der Waals surface area contributed by atoms with Crippen molar-refractivity contribution in [3.63, 3.8) is 0 Å². The summed E-state index contributed by atoms with van der Waals surface area (Å²) in [6.45, 7) is 3.71. The molecule has 1 rings (SSSR count). The Bertz CT molecular complexity index is 445. The maximum Gasteiger partial charge on any atom is 0.423 e. The maximum atomic E-state index is 11.5. The van der Waals surface area contributed by atoms with Crippen LogP contribution in [0.2, 0.25) is 0 Å². The average molecular weight is 252 g/mol. The van der Waals surface area contributed by atoms with Crippen molar-refractivity contribution in [3.05, 3.63) is 24.3 Å². The zero-order chi connectivity index (χ0) is 13.7. The van der Waals surface area contributed by atoms with Crippen LogP contribution in [0, 0.1) is 0 Å². The van der Waals surface area contributed by atoms with Gasteiger partial charge in [0.25, 0.3) is 0 Å². The van der Waals surface area contributed by atoms with Gasteiger partial charge in [-0.25, -0.2) is 14.5 Å². The van der Waals surface area contributed by atoms with Gasteiger partial charge in [-0.15, -0.1) is 0 Å². The lowest BCUT2D eigenvalue weighted by Crippen LogP contribution is -2.39. The average Bonchev–Trinajstić information content (AvgIpc) is 2.29. The molecule has 0 bridgehead atoms. The van der Waals surface area contributed by atoms with Crippen molar-refractivity contribution in [2.75, 3.05) is 7.05 Å². The number of benzene rings is 1. The summed E-state index contributed by atoms with van der Waals surface area (Å²) < 4.78 is 10.5. The molecule has 1 aromatic rings. The molecule has 0 aliphatic heterocycles. The van der Waals surface area contributed by atoms with Crippen molar-refractivity contribution < 1.29 is 19.1 Å². The standard InChI is InChI=1S/C12H16N2O4/c1-8(2)17-9-6-4-5-7-10(9)18-12(16)14(3)11(13)15/h4-8H,1-3H3,(H2,13,15). The van der Waals surface area contributed by atoms with E-state index in [0.717, 1.165) is 0 Å². The van der Waals surface area contributed by atoms with Gasteiger partial charge >= 0.3 is 12.1 Å². The Morgan fingerprint density at radius 1 is 1.22 bits per heavy atom. The molecule has 6 nitrogen and oxygen atoms in total. The number of para-hydroxylation sites is 2. The van der Waals surface area contributed by atoms with Crippen molar-refractivity contribution in [1.29, 1.82) is 0 Å². The zero-order valence-electron chi connectivity index (χ0n) is 10.5. The van der Waals surface area contributed by atoms with Crippen LogP contribution in [-0.4, -0.2) is 30.2 Å². The molecule has 3 amide bonds. The summed E-state index contributed by atoms with van der Waals surface area (Å²) >= 11 is 0. The number of primary amides is 1. The first-order chi connectivity index (χ1) is 8.41. The van der Waals surface area contributed by atoms with Crippen LogP contribution in [0.3, 0.4) is 0 Å². The van der Waals surface area contributed by atoms with E-state index >= 15 is 0 Å². The summed E-state index contributed by atoms with van der Waals surface area (Å²) in [6, 6.07) is 5.81. The lowest BCUT2D eigenvalue weighted by atomic mass is 10.3. The lowest BCUT2D eigenvalue weighted by molar-refractivity contribution is 0.161. The predicted molar refractivity (Wildman–Crippen MR) is 65.6 cm³/mol. The quantitative estimate of drug-likeness (QED) is 0.891. The van der Waals surface area contributed by atoms with Crippen LogP contribution in [0.25, 0.3) is 0 Å². The molecule has 6 heteroatoms. The first kappa shape index (κ1) is 13.8. The van der Waals surface area contributed by atoms with E-state index in [0.29, 0.717) is 10.6 Å². The van der Waals surface area contributed by atoms with Gasteiger partial charge in [0.05, 0.1) is 6.10 Å². The van der Waals surface area contributed by atoms with Crippen LogP contribution in [-0.2, 0) is 0 Å². The molecule has 0 aliphatic carbocycles. The molecule has 0 aromatic heterocycles. The van der Waals surface area contributed by atoms with E-state index in [4.69, 9.17) is 15.2 Å². The van der Waals surface area contributed by atoms with Gasteiger partial charge in [-0.2, -0.15) is 0 Å². The number of hydrogen-bond donors (Lipinski definition) is 1. The number of amides is 3. The molecule has 0 spiro atoms. The Hall–Kier alpha value is -2.24. The third kappa shape index (κ3) is 3.65. The molecule has 2 N–H and O–H groups in total. The first-order valence-corrected chi connectivity index (χ1v) is 5.42. The second-order valence-corrected chi connectivity index (χ2v) is 3.88. The minimum absolute atomic E-state index is 0.0567. The van der Waals surface area contributed by atoms with Gasteiger partial charge in [0, 0.05) is 7.05 Å². The second-order valence-electron chi connectivity index (χ2n) is 3.88. The van der Waals surface area contributed by atoms with E-state index in [1.165, 1.54) is 7.05 Å². The Labute approximate surface area is 105 Å². The number of carbonyl (C=O) groups is 2. The molecular formula is C12H16N2O4. The third-order valence-electron chi connectivity index (χ3n) is 2.01. The highest BCUT2D eigenvalue weighted by molar-refractivity contribution is 5.90. The smallest absolute Gasteiger partial charge is 0.423 e. The number of rotatable bonds is 3. The highest BCUT2D eigenvalue weighted by Crippen LogP contribution is 2.27. The van der Waals surface area contributed by atoms with Gasteiger partial charge in [0.15, 0.2) is 11.5 Å². The number of ether oxygens (including phenoxy) is 2. The van der Waals surface area contributed by atoms with Gasteiger partial charge in [0.1, 0.15) is 0 Å². The maximum absolute atomic E-state index is 11.5. The molecular weight excluding hydrogens is 236 g/mol. The summed E-state index contributed by atoms with van der Waals surface area (Å²) in [6.07, 6.45) is -0.916. The van der Waals surface area contributed by atoms with Crippen LogP contribution in [0.1, 0.15) is 13.8 Å². The minimum Gasteiger partial charge on any atom is -0.487 e. The summed E-state index contributed by atoms with van der Waals surface area (Å²) in [7, 11) is 1.23. The van der Waals surface area contributed by atoms with Crippen LogP contribution in [0.4, 0.5) is 9.59 Å². The van der Waals surface area contributed by atoms with Gasteiger partial charge in [-0.05, 0) is 26.0 Å². The first-order valence-electron chi connectivity index (χ1n) is 5.42. The number of urea groups is 1. The van der Waals surface area contributed by atoms with Crippen LogP contribution >= 0.6 is 0 Å². The van der Waals surface area contributed by atoms with Gasteiger partial charge in [0.2, 0.25) is 0 Å². The summed E-state index contributed by atoms with van der Waals surface area (Å²) in [5.74, 6) is 0.669. The monoisotopic (exact) mass is 252 g/mol. The zero-order valence-corrected chi connectivity index (χ0v) is 10.5. The fourth-order valence-electron chi connectivity index (χ4n) is 1.14. The second kappa shape index (κ2) is 5.90. The fourth-order valence-corrected chi connectivity index (χ4v) is 1.14. The van der Waals surface area contributed by atoms with Crippen LogP contribution in [0.15, 0.2) is 24.3 Å². The molecule has 98 valence electrons. The van der Waals surface area contributed by atoms with Crippen molar-refractivity contribution in [1.82, 2.24) is 4.90 Å².